The lowest BCUT2D eigenvalue weighted by Crippen LogP contribution is -2.31. The summed E-state index contributed by atoms with van der Waals surface area (Å²) in [6, 6.07) is -0.215. The van der Waals surface area contributed by atoms with E-state index in [1.54, 1.807) is 0 Å². The summed E-state index contributed by atoms with van der Waals surface area (Å²) in [5.41, 5.74) is 5.44. The minimum absolute atomic E-state index is 0.215. The molecule has 0 aromatic heterocycles. The zero-order valence-electron chi connectivity index (χ0n) is 6.30. The molecule has 12 heavy (non-hydrogen) atoms. The lowest BCUT2D eigenvalue weighted by atomic mass is 10.3. The maximum absolute atomic E-state index is 5.44. The van der Waals surface area contributed by atoms with E-state index in [2.05, 4.69) is 25.4 Å². The van der Waals surface area contributed by atoms with Gasteiger partial charge in [-0.3, -0.25) is 0 Å². The predicted molar refractivity (Wildman–Crippen MR) is 48.7 cm³/mol. The minimum atomic E-state index is -0.215. The maximum atomic E-state index is 5.44. The number of hydrogen-bond acceptors (Lipinski definition) is 7. The second-order valence-corrected chi connectivity index (χ2v) is 3.02. The van der Waals surface area contributed by atoms with Crippen LogP contribution in [0, 0.1) is 0 Å². The van der Waals surface area contributed by atoms with Gasteiger partial charge >= 0.3 is 0 Å². The molecule has 1 atom stereocenters. The van der Waals surface area contributed by atoms with Crippen LogP contribution in [0.3, 0.4) is 0 Å². The van der Waals surface area contributed by atoms with Crippen LogP contribution in [0.2, 0.25) is 0 Å². The van der Waals surface area contributed by atoms with Gasteiger partial charge in [0.15, 0.2) is 11.9 Å². The Kier molecular flexibility index (Phi) is 1.65. The molecular formula is C5H6N6S. The molecule has 0 spiro atoms. The van der Waals surface area contributed by atoms with Crippen molar-refractivity contribution in [1.82, 2.24) is 0 Å². The maximum Gasteiger partial charge on any atom is 0.222 e. The van der Waals surface area contributed by atoms with Gasteiger partial charge in [-0.15, -0.1) is 16.9 Å². The van der Waals surface area contributed by atoms with Crippen LogP contribution >= 0.6 is 11.8 Å². The summed E-state index contributed by atoms with van der Waals surface area (Å²) in [6.07, 6.45) is 1.91. The molecule has 0 saturated carbocycles. The smallest absolute Gasteiger partial charge is 0.222 e. The number of nitrogens with zero attached hydrogens (tertiary/aromatic N) is 5. The Bertz CT molecular complexity index is 327. The first kappa shape index (κ1) is 7.41. The molecule has 2 heterocycles. The molecule has 1 unspecified atom stereocenters. The van der Waals surface area contributed by atoms with E-state index in [-0.39, 0.29) is 12.0 Å². The third-order valence-corrected chi connectivity index (χ3v) is 2.19. The molecule has 0 amide bonds. The highest BCUT2D eigenvalue weighted by atomic mass is 32.2. The van der Waals surface area contributed by atoms with Crippen LogP contribution < -0.4 is 5.73 Å². The Morgan fingerprint density at radius 1 is 1.42 bits per heavy atom. The Hall–Kier alpha value is -1.24. The van der Waals surface area contributed by atoms with Crippen molar-refractivity contribution < 1.29 is 0 Å². The summed E-state index contributed by atoms with van der Waals surface area (Å²) in [4.78, 5) is 7.91. The quantitative estimate of drug-likeness (QED) is 0.581. The van der Waals surface area contributed by atoms with Gasteiger partial charge in [-0.05, 0) is 11.5 Å². The highest BCUT2D eigenvalue weighted by Crippen LogP contribution is 2.18. The predicted octanol–water partition coefficient (Wildman–Crippen LogP) is 0.224. The van der Waals surface area contributed by atoms with E-state index in [9.17, 15) is 0 Å². The zero-order valence-corrected chi connectivity index (χ0v) is 7.12. The zero-order chi connectivity index (χ0) is 8.55. The number of guanidine groups is 1. The Labute approximate surface area is 72.8 Å². The third-order valence-electron chi connectivity index (χ3n) is 1.46. The first-order chi connectivity index (χ1) is 5.81. The Morgan fingerprint density at radius 2 is 2.25 bits per heavy atom. The van der Waals surface area contributed by atoms with Crippen LogP contribution in [0.1, 0.15) is 0 Å². The van der Waals surface area contributed by atoms with Crippen LogP contribution in [0.25, 0.3) is 0 Å². The van der Waals surface area contributed by atoms with Gasteiger partial charge in [0.2, 0.25) is 5.96 Å². The summed E-state index contributed by atoms with van der Waals surface area (Å²) in [7, 11) is 0. The van der Waals surface area contributed by atoms with Gasteiger partial charge in [-0.25, -0.2) is 4.99 Å². The van der Waals surface area contributed by atoms with Gasteiger partial charge in [-0.1, -0.05) is 0 Å². The van der Waals surface area contributed by atoms with Gasteiger partial charge in [0.25, 0.3) is 0 Å². The van der Waals surface area contributed by atoms with E-state index < -0.39 is 0 Å². The molecule has 0 aromatic carbocycles. The highest BCUT2D eigenvalue weighted by molar-refractivity contribution is 8.13. The molecule has 6 nitrogen and oxygen atoms in total. The standard InChI is InChI=1S/C5H6N6S/c1-12-4-2-3(10-11-9-2)7-5(6)8-4/h2H,1H3,(H2,6,7,9,10). The number of amidine groups is 1. The van der Waals surface area contributed by atoms with Gasteiger partial charge in [0, 0.05) is 0 Å². The Balaban J connectivity index is 2.40. The van der Waals surface area contributed by atoms with Crippen LogP contribution in [0.5, 0.6) is 0 Å². The van der Waals surface area contributed by atoms with Gasteiger partial charge in [0.1, 0.15) is 5.04 Å². The second-order valence-electron chi connectivity index (χ2n) is 2.19. The third kappa shape index (κ3) is 1.02. The molecule has 0 saturated heterocycles. The first-order valence-electron chi connectivity index (χ1n) is 3.25. The van der Waals surface area contributed by atoms with Gasteiger partial charge < -0.3 is 5.73 Å². The molecule has 2 aliphatic heterocycles. The Morgan fingerprint density at radius 3 is 3.00 bits per heavy atom. The lowest BCUT2D eigenvalue weighted by molar-refractivity contribution is 1.00. The van der Waals surface area contributed by atoms with Gasteiger partial charge in [-0.2, -0.15) is 10.1 Å². The van der Waals surface area contributed by atoms with E-state index in [0.29, 0.717) is 5.84 Å². The van der Waals surface area contributed by atoms with Gasteiger partial charge in [0.05, 0.1) is 0 Å². The highest BCUT2D eigenvalue weighted by Gasteiger charge is 2.28. The first-order valence-corrected chi connectivity index (χ1v) is 4.48. The normalized spacial score (nSPS) is 26.1. The van der Waals surface area contributed by atoms with E-state index >= 15 is 0 Å². The van der Waals surface area contributed by atoms with Crippen molar-refractivity contribution in [1.29, 1.82) is 0 Å². The topological polar surface area (TPSA) is 87.8 Å². The second kappa shape index (κ2) is 2.67. The molecule has 7 heteroatoms. The van der Waals surface area contributed by atoms with E-state index in [0.717, 1.165) is 5.04 Å². The summed E-state index contributed by atoms with van der Waals surface area (Å²) < 4.78 is 0. The fourth-order valence-electron chi connectivity index (χ4n) is 0.947. The van der Waals surface area contributed by atoms with Crippen molar-refractivity contribution in [3.63, 3.8) is 0 Å². The fourth-order valence-corrected chi connectivity index (χ4v) is 1.51. The van der Waals surface area contributed by atoms with E-state index in [4.69, 9.17) is 5.73 Å². The van der Waals surface area contributed by atoms with Crippen molar-refractivity contribution >= 4 is 28.6 Å². The van der Waals surface area contributed by atoms with E-state index in [1.165, 1.54) is 11.8 Å². The molecule has 0 fully saturated rings. The lowest BCUT2D eigenvalue weighted by Gasteiger charge is -2.11. The molecule has 0 aliphatic carbocycles. The van der Waals surface area contributed by atoms with E-state index in [1.807, 2.05) is 6.26 Å². The number of nitrogens with two attached hydrogens (primary N) is 1. The fraction of sp³-hybridized carbons (Fsp3) is 0.400. The molecule has 62 valence electrons. The number of fused-ring (bicyclic) bond motifs is 1. The molecule has 2 N–H and O–H groups in total. The number of thioether (sulfide) groups is 1. The molecule has 0 radical (unpaired) electrons. The minimum Gasteiger partial charge on any atom is -0.368 e. The summed E-state index contributed by atoms with van der Waals surface area (Å²) in [6.45, 7) is 0. The van der Waals surface area contributed by atoms with Crippen LogP contribution in [0.4, 0.5) is 0 Å². The number of aliphatic imine (C=N–C) groups is 2. The molecule has 2 rings (SSSR count). The molecular weight excluding hydrogens is 176 g/mol. The monoisotopic (exact) mass is 182 g/mol. The molecule has 0 bridgehead atoms. The average molecular weight is 182 g/mol. The molecule has 0 aromatic rings. The number of hydrogen-bond donors (Lipinski definition) is 1. The summed E-state index contributed by atoms with van der Waals surface area (Å²) >= 11 is 1.48. The SMILES string of the molecule is CSC1=NC(N)=NC2=NN=NC21. The van der Waals surface area contributed by atoms with Crippen molar-refractivity contribution in [3.05, 3.63) is 0 Å². The average Bonchev–Trinajstić information content (AvgIpc) is 2.50. The van der Waals surface area contributed by atoms with Crippen LogP contribution in [-0.2, 0) is 0 Å². The van der Waals surface area contributed by atoms with Crippen molar-refractivity contribution in [2.75, 3.05) is 6.26 Å². The van der Waals surface area contributed by atoms with Crippen LogP contribution in [-0.4, -0.2) is 29.1 Å². The largest absolute Gasteiger partial charge is 0.368 e. The van der Waals surface area contributed by atoms with Crippen molar-refractivity contribution in [3.8, 4) is 0 Å². The summed E-state index contributed by atoms with van der Waals surface area (Å²) in [5, 5.41) is 11.9. The molecule has 2 aliphatic rings. The van der Waals surface area contributed by atoms with Crippen LogP contribution in [0.15, 0.2) is 25.4 Å². The van der Waals surface area contributed by atoms with Crippen molar-refractivity contribution in [2.24, 2.45) is 31.2 Å². The summed E-state index contributed by atoms with van der Waals surface area (Å²) in [5.74, 6) is 0.758. The van der Waals surface area contributed by atoms with Crippen molar-refractivity contribution in [2.45, 2.75) is 6.04 Å². The number of rotatable bonds is 0.